The number of aliphatic hydroxyl groups excluding tert-OH is 1. The standard InChI is InChI=1S/C16H24N2O3/c1-3-18(8-9-20-4-2)12-15(19)13-21-16-7-5-6-14(10-16)11-17/h5-7,10,15,19H,3-4,8-9,12-13H2,1-2H3. The molecule has 0 aromatic heterocycles. The Bertz CT molecular complexity index is 445. The van der Waals surface area contributed by atoms with Crippen molar-refractivity contribution < 1.29 is 14.6 Å². The largest absolute Gasteiger partial charge is 0.491 e. The molecule has 0 spiro atoms. The number of ether oxygens (including phenoxy) is 2. The average molecular weight is 292 g/mol. The second kappa shape index (κ2) is 10.2. The highest BCUT2D eigenvalue weighted by Gasteiger charge is 2.11. The third-order valence-electron chi connectivity index (χ3n) is 3.08. The molecule has 0 saturated heterocycles. The van der Waals surface area contributed by atoms with Gasteiger partial charge in [-0.05, 0) is 31.7 Å². The summed E-state index contributed by atoms with van der Waals surface area (Å²) in [5.74, 6) is 0.602. The van der Waals surface area contributed by atoms with E-state index in [0.29, 0.717) is 31.1 Å². The Balaban J connectivity index is 2.34. The molecule has 0 fully saturated rings. The van der Waals surface area contributed by atoms with Gasteiger partial charge in [0.2, 0.25) is 0 Å². The molecule has 0 heterocycles. The van der Waals surface area contributed by atoms with Crippen molar-refractivity contribution in [2.75, 3.05) is 39.5 Å². The molecule has 0 radical (unpaired) electrons. The van der Waals surface area contributed by atoms with E-state index >= 15 is 0 Å². The lowest BCUT2D eigenvalue weighted by molar-refractivity contribution is 0.0537. The van der Waals surface area contributed by atoms with Gasteiger partial charge in [-0.1, -0.05) is 13.0 Å². The molecule has 5 nitrogen and oxygen atoms in total. The Morgan fingerprint density at radius 3 is 2.86 bits per heavy atom. The van der Waals surface area contributed by atoms with E-state index < -0.39 is 6.10 Å². The van der Waals surface area contributed by atoms with Crippen LogP contribution in [-0.2, 0) is 4.74 Å². The monoisotopic (exact) mass is 292 g/mol. The van der Waals surface area contributed by atoms with E-state index in [1.807, 2.05) is 6.92 Å². The first kappa shape index (κ1) is 17.4. The van der Waals surface area contributed by atoms with Crippen molar-refractivity contribution in [3.63, 3.8) is 0 Å². The van der Waals surface area contributed by atoms with Crippen LogP contribution in [0.4, 0.5) is 0 Å². The molecule has 0 aliphatic heterocycles. The van der Waals surface area contributed by atoms with Crippen molar-refractivity contribution in [2.24, 2.45) is 0 Å². The van der Waals surface area contributed by atoms with Crippen LogP contribution in [-0.4, -0.2) is 55.6 Å². The second-order valence-corrected chi connectivity index (χ2v) is 4.69. The van der Waals surface area contributed by atoms with E-state index in [4.69, 9.17) is 14.7 Å². The van der Waals surface area contributed by atoms with Gasteiger partial charge in [-0.25, -0.2) is 0 Å². The summed E-state index contributed by atoms with van der Waals surface area (Å²) in [6.45, 7) is 7.80. The zero-order valence-corrected chi connectivity index (χ0v) is 12.8. The van der Waals surface area contributed by atoms with Crippen LogP contribution in [0.1, 0.15) is 19.4 Å². The smallest absolute Gasteiger partial charge is 0.120 e. The molecule has 21 heavy (non-hydrogen) atoms. The van der Waals surface area contributed by atoms with Gasteiger partial charge in [0.15, 0.2) is 0 Å². The lowest BCUT2D eigenvalue weighted by Crippen LogP contribution is -2.37. The number of nitriles is 1. The van der Waals surface area contributed by atoms with Gasteiger partial charge in [0.25, 0.3) is 0 Å². The summed E-state index contributed by atoms with van der Waals surface area (Å²) in [6.07, 6.45) is -0.572. The average Bonchev–Trinajstić information content (AvgIpc) is 2.52. The molecule has 0 bridgehead atoms. The maximum Gasteiger partial charge on any atom is 0.120 e. The van der Waals surface area contributed by atoms with E-state index in [2.05, 4.69) is 17.9 Å². The van der Waals surface area contributed by atoms with Crippen molar-refractivity contribution in [3.8, 4) is 11.8 Å². The van der Waals surface area contributed by atoms with Gasteiger partial charge in [0, 0.05) is 19.7 Å². The summed E-state index contributed by atoms with van der Waals surface area (Å²) in [7, 11) is 0. The predicted octanol–water partition coefficient (Wildman–Crippen LogP) is 1.66. The van der Waals surface area contributed by atoms with Gasteiger partial charge in [-0.3, -0.25) is 4.90 Å². The van der Waals surface area contributed by atoms with E-state index in [9.17, 15) is 5.11 Å². The van der Waals surface area contributed by atoms with Crippen molar-refractivity contribution in [2.45, 2.75) is 20.0 Å². The highest BCUT2D eigenvalue weighted by molar-refractivity contribution is 5.36. The fraction of sp³-hybridized carbons (Fsp3) is 0.562. The van der Waals surface area contributed by atoms with Gasteiger partial charge in [0.1, 0.15) is 18.5 Å². The molecule has 1 atom stereocenters. The Morgan fingerprint density at radius 1 is 1.38 bits per heavy atom. The Kier molecular flexibility index (Phi) is 8.44. The van der Waals surface area contributed by atoms with Crippen LogP contribution in [0.15, 0.2) is 24.3 Å². The third kappa shape index (κ3) is 7.09. The minimum atomic E-state index is -0.572. The van der Waals surface area contributed by atoms with Crippen LogP contribution < -0.4 is 4.74 Å². The summed E-state index contributed by atoms with van der Waals surface area (Å²) in [6, 6.07) is 8.99. The van der Waals surface area contributed by atoms with Gasteiger partial charge in [0.05, 0.1) is 18.2 Å². The molecule has 0 saturated carbocycles. The predicted molar refractivity (Wildman–Crippen MR) is 81.3 cm³/mol. The van der Waals surface area contributed by atoms with Crippen molar-refractivity contribution in [1.29, 1.82) is 5.26 Å². The summed E-state index contributed by atoms with van der Waals surface area (Å²) in [5, 5.41) is 18.8. The number of hydrogen-bond acceptors (Lipinski definition) is 5. The molecule has 0 amide bonds. The molecule has 1 aromatic carbocycles. The normalized spacial score (nSPS) is 12.1. The molecule has 1 unspecified atom stereocenters. The van der Waals surface area contributed by atoms with Crippen LogP contribution in [0.2, 0.25) is 0 Å². The molecule has 0 aliphatic carbocycles. The minimum Gasteiger partial charge on any atom is -0.491 e. The number of rotatable bonds is 10. The van der Waals surface area contributed by atoms with Crippen LogP contribution in [0, 0.1) is 11.3 Å². The second-order valence-electron chi connectivity index (χ2n) is 4.69. The van der Waals surface area contributed by atoms with Crippen molar-refractivity contribution >= 4 is 0 Å². The first-order valence-corrected chi connectivity index (χ1v) is 7.30. The molecular formula is C16H24N2O3. The molecule has 116 valence electrons. The molecule has 5 heteroatoms. The summed E-state index contributed by atoms with van der Waals surface area (Å²) in [5.41, 5.74) is 0.550. The number of aliphatic hydroxyl groups is 1. The highest BCUT2D eigenvalue weighted by atomic mass is 16.5. The number of hydrogen-bond donors (Lipinski definition) is 1. The fourth-order valence-corrected chi connectivity index (χ4v) is 1.92. The van der Waals surface area contributed by atoms with Crippen LogP contribution in [0.5, 0.6) is 5.75 Å². The van der Waals surface area contributed by atoms with E-state index in [-0.39, 0.29) is 6.61 Å². The lowest BCUT2D eigenvalue weighted by atomic mass is 10.2. The highest BCUT2D eigenvalue weighted by Crippen LogP contribution is 2.12. The third-order valence-corrected chi connectivity index (χ3v) is 3.08. The maximum absolute atomic E-state index is 10.0. The molecule has 1 N–H and O–H groups in total. The first-order chi connectivity index (χ1) is 10.2. The Labute approximate surface area is 126 Å². The topological polar surface area (TPSA) is 65.7 Å². The van der Waals surface area contributed by atoms with Gasteiger partial charge >= 0.3 is 0 Å². The summed E-state index contributed by atoms with van der Waals surface area (Å²) in [4.78, 5) is 2.12. The Hall–Kier alpha value is -1.61. The van der Waals surface area contributed by atoms with Crippen LogP contribution in [0.3, 0.4) is 0 Å². The van der Waals surface area contributed by atoms with E-state index in [1.54, 1.807) is 24.3 Å². The fourth-order valence-electron chi connectivity index (χ4n) is 1.92. The lowest BCUT2D eigenvalue weighted by Gasteiger charge is -2.23. The molecular weight excluding hydrogens is 268 g/mol. The Morgan fingerprint density at radius 2 is 2.19 bits per heavy atom. The quantitative estimate of drug-likeness (QED) is 0.664. The van der Waals surface area contributed by atoms with Gasteiger partial charge in [-0.15, -0.1) is 0 Å². The zero-order chi connectivity index (χ0) is 15.5. The summed E-state index contributed by atoms with van der Waals surface area (Å²) < 4.78 is 10.8. The number of likely N-dealkylation sites (N-methyl/N-ethyl adjacent to an activating group) is 1. The molecule has 1 rings (SSSR count). The molecule has 0 aliphatic rings. The number of nitrogens with zero attached hydrogens (tertiary/aromatic N) is 2. The SMILES string of the molecule is CCOCCN(CC)CC(O)COc1cccc(C#N)c1. The van der Waals surface area contributed by atoms with Gasteiger partial charge in [-0.2, -0.15) is 5.26 Å². The minimum absolute atomic E-state index is 0.208. The summed E-state index contributed by atoms with van der Waals surface area (Å²) >= 11 is 0. The van der Waals surface area contributed by atoms with E-state index in [0.717, 1.165) is 13.1 Å². The van der Waals surface area contributed by atoms with Crippen molar-refractivity contribution in [1.82, 2.24) is 4.90 Å². The van der Waals surface area contributed by atoms with Crippen molar-refractivity contribution in [3.05, 3.63) is 29.8 Å². The maximum atomic E-state index is 10.0. The first-order valence-electron chi connectivity index (χ1n) is 7.30. The molecule has 1 aromatic rings. The van der Waals surface area contributed by atoms with Crippen LogP contribution in [0.25, 0.3) is 0 Å². The van der Waals surface area contributed by atoms with Gasteiger partial charge < -0.3 is 14.6 Å². The van der Waals surface area contributed by atoms with Crippen LogP contribution >= 0.6 is 0 Å². The van der Waals surface area contributed by atoms with E-state index in [1.165, 1.54) is 0 Å². The zero-order valence-electron chi connectivity index (χ0n) is 12.8. The number of benzene rings is 1.